The van der Waals surface area contributed by atoms with Crippen LogP contribution in [0.2, 0.25) is 5.02 Å². The van der Waals surface area contributed by atoms with E-state index in [9.17, 15) is 4.79 Å². The highest BCUT2D eigenvalue weighted by atomic mass is 35.5. The summed E-state index contributed by atoms with van der Waals surface area (Å²) < 4.78 is 0. The summed E-state index contributed by atoms with van der Waals surface area (Å²) in [6.45, 7) is 4.60. The molecule has 5 N–H and O–H groups in total. The molecular formula is C16H20ClN5O. The number of halogens is 1. The Morgan fingerprint density at radius 2 is 2.17 bits per heavy atom. The Kier molecular flexibility index (Phi) is 5.39. The Balaban J connectivity index is 0.000000924. The summed E-state index contributed by atoms with van der Waals surface area (Å²) in [7, 11) is 0. The first-order chi connectivity index (χ1) is 11.1. The van der Waals surface area contributed by atoms with Crippen LogP contribution in [0.15, 0.2) is 17.1 Å². The minimum Gasteiger partial charge on any atom is -0.383 e. The van der Waals surface area contributed by atoms with Gasteiger partial charge in [0.25, 0.3) is 0 Å². The Morgan fingerprint density at radius 1 is 1.43 bits per heavy atom. The van der Waals surface area contributed by atoms with Crippen LogP contribution in [-0.4, -0.2) is 29.6 Å². The number of nitrogens with two attached hydrogens (primary N) is 1. The molecule has 0 saturated carbocycles. The Bertz CT molecular complexity index is 778. The maximum atomic E-state index is 11.8. The molecule has 6 nitrogen and oxygen atoms in total. The summed E-state index contributed by atoms with van der Waals surface area (Å²) in [6, 6.07) is 3.52. The molecule has 0 spiro atoms. The standard InChI is InChI=1S/C14H14ClN5O.C2H6/c15-7-3-9(14(17)19-6-16)13-8-5-12(21)18-2-1-10(8)20-11(13)4-7;1-2/h3-4,6,20H,1-2,5H2,(H,18,21)(H3,16,17,19);1-2H3. The van der Waals surface area contributed by atoms with Gasteiger partial charge in [-0.15, -0.1) is 0 Å². The smallest absolute Gasteiger partial charge is 0.224 e. The molecule has 0 radical (unpaired) electrons. The number of aromatic nitrogens is 1. The van der Waals surface area contributed by atoms with E-state index in [1.54, 1.807) is 6.07 Å². The number of aromatic amines is 1. The molecule has 2 aromatic rings. The lowest BCUT2D eigenvalue weighted by Gasteiger charge is -2.06. The summed E-state index contributed by atoms with van der Waals surface area (Å²) in [6.07, 6.45) is 1.91. The predicted molar refractivity (Wildman–Crippen MR) is 94.6 cm³/mol. The van der Waals surface area contributed by atoms with Gasteiger partial charge in [-0.25, -0.2) is 4.99 Å². The molecule has 0 unspecified atom stereocenters. The van der Waals surface area contributed by atoms with Gasteiger partial charge in [0.05, 0.1) is 6.42 Å². The fraction of sp³-hybridized carbons (Fsp3) is 0.312. The first-order valence-corrected chi connectivity index (χ1v) is 7.90. The molecular weight excluding hydrogens is 314 g/mol. The normalized spacial score (nSPS) is 14.4. The van der Waals surface area contributed by atoms with Crippen LogP contribution in [0, 0.1) is 5.41 Å². The van der Waals surface area contributed by atoms with E-state index >= 15 is 0 Å². The lowest BCUT2D eigenvalue weighted by molar-refractivity contribution is -0.120. The van der Waals surface area contributed by atoms with Crippen molar-refractivity contribution in [2.45, 2.75) is 26.7 Å². The number of fused-ring (bicyclic) bond motifs is 3. The summed E-state index contributed by atoms with van der Waals surface area (Å²) in [4.78, 5) is 18.9. The topological polar surface area (TPSA) is 107 Å². The van der Waals surface area contributed by atoms with Crippen molar-refractivity contribution in [1.82, 2.24) is 10.3 Å². The summed E-state index contributed by atoms with van der Waals surface area (Å²) in [5, 5.41) is 11.3. The minimum absolute atomic E-state index is 0.0156. The molecule has 0 bridgehead atoms. The Labute approximate surface area is 139 Å². The SMILES string of the molecule is CC.N=CN=C(N)c1cc(Cl)cc2[nH]c3c(c12)CC(=O)NCC3. The molecule has 122 valence electrons. The molecule has 1 aliphatic heterocycles. The highest BCUT2D eigenvalue weighted by Crippen LogP contribution is 2.30. The van der Waals surface area contributed by atoms with Crippen LogP contribution in [0.1, 0.15) is 30.7 Å². The summed E-state index contributed by atoms with van der Waals surface area (Å²) in [5.74, 6) is 0.196. The van der Waals surface area contributed by atoms with Gasteiger partial charge < -0.3 is 16.0 Å². The molecule has 23 heavy (non-hydrogen) atoms. The lowest BCUT2D eigenvalue weighted by Crippen LogP contribution is -2.24. The number of H-pyrrole nitrogens is 1. The average molecular weight is 334 g/mol. The lowest BCUT2D eigenvalue weighted by atomic mass is 10.0. The van der Waals surface area contributed by atoms with Crippen LogP contribution < -0.4 is 11.1 Å². The highest BCUT2D eigenvalue weighted by Gasteiger charge is 2.21. The fourth-order valence-corrected chi connectivity index (χ4v) is 2.94. The number of hydrogen-bond acceptors (Lipinski definition) is 2. The fourth-order valence-electron chi connectivity index (χ4n) is 2.72. The van der Waals surface area contributed by atoms with Gasteiger partial charge in [0.15, 0.2) is 0 Å². The number of carbonyl (C=O) groups excluding carboxylic acids is 1. The van der Waals surface area contributed by atoms with Crippen molar-refractivity contribution in [3.63, 3.8) is 0 Å². The van der Waals surface area contributed by atoms with Crippen LogP contribution in [0.4, 0.5) is 0 Å². The monoisotopic (exact) mass is 333 g/mol. The van der Waals surface area contributed by atoms with Gasteiger partial charge in [0, 0.05) is 40.1 Å². The number of hydrogen-bond donors (Lipinski definition) is 4. The molecule has 1 aromatic heterocycles. The van der Waals surface area contributed by atoms with Crippen LogP contribution >= 0.6 is 11.6 Å². The van der Waals surface area contributed by atoms with Gasteiger partial charge in [-0.05, 0) is 17.7 Å². The molecule has 7 heteroatoms. The molecule has 0 saturated heterocycles. The van der Waals surface area contributed by atoms with Crippen LogP contribution in [0.3, 0.4) is 0 Å². The third kappa shape index (κ3) is 3.37. The van der Waals surface area contributed by atoms with E-state index in [4.69, 9.17) is 22.7 Å². The maximum Gasteiger partial charge on any atom is 0.224 e. The summed E-state index contributed by atoms with van der Waals surface area (Å²) in [5.41, 5.74) is 9.35. The van der Waals surface area contributed by atoms with E-state index < -0.39 is 0 Å². The first kappa shape index (κ1) is 17.0. The molecule has 3 rings (SSSR count). The molecule has 0 fully saturated rings. The second-order valence-corrected chi connectivity index (χ2v) is 5.31. The molecule has 0 atom stereocenters. The number of nitrogens with one attached hydrogen (secondary N) is 3. The van der Waals surface area contributed by atoms with Gasteiger partial charge in [0.2, 0.25) is 5.91 Å². The zero-order valence-corrected chi connectivity index (χ0v) is 13.9. The van der Waals surface area contributed by atoms with Crippen molar-refractivity contribution in [2.24, 2.45) is 10.7 Å². The van der Waals surface area contributed by atoms with Crippen LogP contribution in [-0.2, 0) is 17.6 Å². The van der Waals surface area contributed by atoms with Crippen molar-refractivity contribution in [3.05, 3.63) is 34.0 Å². The molecule has 1 aliphatic rings. The van der Waals surface area contributed by atoms with Gasteiger partial charge in [0.1, 0.15) is 12.2 Å². The number of nitrogens with zero attached hydrogens (tertiary/aromatic N) is 1. The maximum absolute atomic E-state index is 11.8. The Morgan fingerprint density at radius 3 is 2.87 bits per heavy atom. The summed E-state index contributed by atoms with van der Waals surface area (Å²) >= 11 is 6.13. The van der Waals surface area contributed by atoms with Crippen molar-refractivity contribution < 1.29 is 4.79 Å². The Hall–Kier alpha value is -2.34. The van der Waals surface area contributed by atoms with E-state index in [2.05, 4.69) is 15.3 Å². The van der Waals surface area contributed by atoms with E-state index in [0.29, 0.717) is 23.6 Å². The second kappa shape index (κ2) is 7.28. The number of aliphatic imine (C=N–C) groups is 1. The minimum atomic E-state index is -0.0156. The molecule has 0 aliphatic carbocycles. The zero-order valence-electron chi connectivity index (χ0n) is 13.2. The van der Waals surface area contributed by atoms with Crippen molar-refractivity contribution in [1.29, 1.82) is 5.41 Å². The van der Waals surface area contributed by atoms with Crippen LogP contribution in [0.5, 0.6) is 0 Å². The zero-order chi connectivity index (χ0) is 17.0. The van der Waals surface area contributed by atoms with Crippen molar-refractivity contribution in [3.8, 4) is 0 Å². The predicted octanol–water partition coefficient (Wildman–Crippen LogP) is 2.37. The van der Waals surface area contributed by atoms with E-state index in [1.165, 1.54) is 0 Å². The highest BCUT2D eigenvalue weighted by molar-refractivity contribution is 6.32. The first-order valence-electron chi connectivity index (χ1n) is 7.52. The number of rotatable bonds is 2. The van der Waals surface area contributed by atoms with Gasteiger partial charge in [-0.2, -0.15) is 0 Å². The van der Waals surface area contributed by atoms with Gasteiger partial charge >= 0.3 is 0 Å². The largest absolute Gasteiger partial charge is 0.383 e. The van der Waals surface area contributed by atoms with E-state index in [1.807, 2.05) is 19.9 Å². The number of benzene rings is 1. The second-order valence-electron chi connectivity index (χ2n) is 4.88. The number of carbonyl (C=O) groups is 1. The van der Waals surface area contributed by atoms with E-state index in [-0.39, 0.29) is 11.7 Å². The van der Waals surface area contributed by atoms with Crippen molar-refractivity contribution >= 4 is 40.6 Å². The third-order valence-electron chi connectivity index (χ3n) is 3.57. The molecule has 2 heterocycles. The third-order valence-corrected chi connectivity index (χ3v) is 3.79. The van der Waals surface area contributed by atoms with Gasteiger partial charge in [-0.3, -0.25) is 10.2 Å². The molecule has 1 amide bonds. The molecule has 1 aromatic carbocycles. The van der Waals surface area contributed by atoms with Crippen molar-refractivity contribution in [2.75, 3.05) is 6.54 Å². The average Bonchev–Trinajstić information content (AvgIpc) is 2.75. The van der Waals surface area contributed by atoms with Crippen LogP contribution in [0.25, 0.3) is 10.9 Å². The number of amidine groups is 1. The quantitative estimate of drug-likeness (QED) is 0.500. The number of amides is 1. The van der Waals surface area contributed by atoms with Gasteiger partial charge in [-0.1, -0.05) is 25.4 Å². The van der Waals surface area contributed by atoms with E-state index in [0.717, 1.165) is 34.9 Å².